The monoisotopic (exact) mass is 264 g/mol. The standard InChI is InChI=1S/C7H4F6O4/c8-6(9,10)4(7(11,12)13)2(5(16)17)1-3(14)15/h1,4H,(H,14,15)(H,16,17)/p-2/b2-1+. The van der Waals surface area contributed by atoms with Gasteiger partial charge in [-0.05, 0) is 11.6 Å². The van der Waals surface area contributed by atoms with Gasteiger partial charge in [-0.1, -0.05) is 0 Å². The van der Waals surface area contributed by atoms with E-state index in [1.165, 1.54) is 0 Å². The topological polar surface area (TPSA) is 80.3 Å². The zero-order chi connectivity index (χ0) is 14.0. The molecule has 4 nitrogen and oxygen atoms in total. The van der Waals surface area contributed by atoms with Gasteiger partial charge in [-0.15, -0.1) is 0 Å². The fraction of sp³-hybridized carbons (Fsp3) is 0.429. The van der Waals surface area contributed by atoms with Crippen LogP contribution in [0.25, 0.3) is 0 Å². The van der Waals surface area contributed by atoms with Gasteiger partial charge in [0.25, 0.3) is 0 Å². The molecule has 0 aliphatic rings. The van der Waals surface area contributed by atoms with E-state index in [9.17, 15) is 46.1 Å². The Labute approximate surface area is 89.1 Å². The SMILES string of the molecule is O=C([O-])/C=C(/C(=O)[O-])C(C(F)(F)F)C(F)(F)F. The summed E-state index contributed by atoms with van der Waals surface area (Å²) in [4.78, 5) is 20.0. The molecule has 0 saturated carbocycles. The highest BCUT2D eigenvalue weighted by Crippen LogP contribution is 2.43. The summed E-state index contributed by atoms with van der Waals surface area (Å²) in [6.07, 6.45) is -12.8. The molecule has 0 fully saturated rings. The number of rotatable bonds is 3. The number of hydrogen-bond donors (Lipinski definition) is 0. The zero-order valence-electron chi connectivity index (χ0n) is 7.56. The minimum Gasteiger partial charge on any atom is -0.545 e. The molecule has 0 unspecified atom stereocenters. The average Bonchev–Trinajstić information content (AvgIpc) is 1.95. The van der Waals surface area contributed by atoms with Crippen LogP contribution in [0.15, 0.2) is 11.6 Å². The van der Waals surface area contributed by atoms with Gasteiger partial charge < -0.3 is 19.8 Å². The van der Waals surface area contributed by atoms with Gasteiger partial charge in [0.1, 0.15) is 0 Å². The van der Waals surface area contributed by atoms with E-state index in [0.29, 0.717) is 0 Å². The largest absolute Gasteiger partial charge is 0.545 e. The van der Waals surface area contributed by atoms with Crippen LogP contribution < -0.4 is 10.2 Å². The van der Waals surface area contributed by atoms with E-state index in [0.717, 1.165) is 0 Å². The first-order valence-electron chi connectivity index (χ1n) is 3.64. The van der Waals surface area contributed by atoms with Crippen LogP contribution in [0.1, 0.15) is 0 Å². The number of carboxylic acids is 2. The van der Waals surface area contributed by atoms with Gasteiger partial charge in [0, 0.05) is 0 Å². The third-order valence-electron chi connectivity index (χ3n) is 1.47. The van der Waals surface area contributed by atoms with E-state index < -0.39 is 41.9 Å². The summed E-state index contributed by atoms with van der Waals surface area (Å²) in [5.74, 6) is -9.85. The molecule has 0 heterocycles. The number of hydrogen-bond acceptors (Lipinski definition) is 4. The summed E-state index contributed by atoms with van der Waals surface area (Å²) < 4.78 is 72.1. The van der Waals surface area contributed by atoms with Crippen molar-refractivity contribution in [1.29, 1.82) is 0 Å². The summed E-state index contributed by atoms with van der Waals surface area (Å²) >= 11 is 0. The predicted octanol–water partition coefficient (Wildman–Crippen LogP) is -0.847. The molecule has 0 atom stereocenters. The molecule has 0 aromatic heterocycles. The quantitative estimate of drug-likeness (QED) is 0.491. The highest BCUT2D eigenvalue weighted by Gasteiger charge is 2.58. The minimum absolute atomic E-state index is 0.805. The van der Waals surface area contributed by atoms with E-state index in [-0.39, 0.29) is 0 Å². The molecule has 0 aromatic rings. The van der Waals surface area contributed by atoms with E-state index in [4.69, 9.17) is 0 Å². The lowest BCUT2D eigenvalue weighted by molar-refractivity contribution is -0.313. The molecule has 0 aliphatic carbocycles. The smallest absolute Gasteiger partial charge is 0.404 e. The molecule has 0 radical (unpaired) electrons. The molecule has 0 bridgehead atoms. The second kappa shape index (κ2) is 4.63. The maximum Gasteiger partial charge on any atom is 0.404 e. The van der Waals surface area contributed by atoms with Gasteiger partial charge in [0.2, 0.25) is 0 Å². The first kappa shape index (κ1) is 15.3. The molecule has 0 saturated heterocycles. The summed E-state index contributed by atoms with van der Waals surface area (Å²) in [5, 5.41) is 20.0. The van der Waals surface area contributed by atoms with Crippen LogP contribution in [0.3, 0.4) is 0 Å². The molecular formula is C7H2F6O4-2. The van der Waals surface area contributed by atoms with E-state index in [1.807, 2.05) is 0 Å². The summed E-state index contributed by atoms with van der Waals surface area (Å²) in [7, 11) is 0. The lowest BCUT2D eigenvalue weighted by Gasteiger charge is -2.26. The van der Waals surface area contributed by atoms with E-state index in [2.05, 4.69) is 0 Å². The van der Waals surface area contributed by atoms with Gasteiger partial charge in [0.15, 0.2) is 5.92 Å². The number of aliphatic carboxylic acids is 2. The van der Waals surface area contributed by atoms with E-state index in [1.54, 1.807) is 0 Å². The first-order valence-corrected chi connectivity index (χ1v) is 3.64. The fourth-order valence-electron chi connectivity index (χ4n) is 0.925. The van der Waals surface area contributed by atoms with Crippen molar-refractivity contribution in [3.05, 3.63) is 11.6 Å². The highest BCUT2D eigenvalue weighted by molar-refractivity contribution is 5.93. The Balaban J connectivity index is 5.74. The van der Waals surface area contributed by atoms with Gasteiger partial charge in [-0.2, -0.15) is 26.3 Å². The molecule has 0 aliphatic heterocycles. The number of halogens is 6. The molecular weight excluding hydrogens is 262 g/mol. The lowest BCUT2D eigenvalue weighted by atomic mass is 9.97. The first-order chi connectivity index (χ1) is 7.37. The molecule has 0 spiro atoms. The second-order valence-corrected chi connectivity index (χ2v) is 2.72. The van der Waals surface area contributed by atoms with Crippen LogP contribution in [0.4, 0.5) is 26.3 Å². The van der Waals surface area contributed by atoms with Gasteiger partial charge in [0.05, 0.1) is 11.9 Å². The molecule has 17 heavy (non-hydrogen) atoms. The van der Waals surface area contributed by atoms with Crippen molar-refractivity contribution in [3.63, 3.8) is 0 Å². The van der Waals surface area contributed by atoms with Gasteiger partial charge >= 0.3 is 12.4 Å². The third kappa shape index (κ3) is 4.33. The van der Waals surface area contributed by atoms with Crippen molar-refractivity contribution >= 4 is 11.9 Å². The molecule has 98 valence electrons. The van der Waals surface area contributed by atoms with E-state index >= 15 is 0 Å². The Morgan fingerprint density at radius 3 is 1.47 bits per heavy atom. The Kier molecular flexibility index (Phi) is 4.16. The summed E-state index contributed by atoms with van der Waals surface area (Å²) in [5.41, 5.74) is -2.47. The van der Waals surface area contributed by atoms with Gasteiger partial charge in [-0.3, -0.25) is 0 Å². The number of alkyl halides is 6. The van der Waals surface area contributed by atoms with Crippen LogP contribution in [0.5, 0.6) is 0 Å². The van der Waals surface area contributed by atoms with Crippen LogP contribution in [0, 0.1) is 5.92 Å². The Morgan fingerprint density at radius 1 is 0.941 bits per heavy atom. The molecule has 0 rings (SSSR count). The van der Waals surface area contributed by atoms with Crippen molar-refractivity contribution in [2.24, 2.45) is 5.92 Å². The molecule has 0 N–H and O–H groups in total. The number of carboxylic acid groups (broad SMARTS) is 2. The van der Waals surface area contributed by atoms with Crippen LogP contribution in [0.2, 0.25) is 0 Å². The molecule has 0 aromatic carbocycles. The normalized spacial score (nSPS) is 13.9. The van der Waals surface area contributed by atoms with Crippen molar-refractivity contribution in [2.45, 2.75) is 12.4 Å². The molecule has 10 heteroatoms. The molecule has 0 amide bonds. The minimum atomic E-state index is -6.01. The Bertz CT molecular complexity index is 338. The Morgan fingerprint density at radius 2 is 1.29 bits per heavy atom. The van der Waals surface area contributed by atoms with Crippen LogP contribution in [-0.4, -0.2) is 24.3 Å². The average molecular weight is 264 g/mol. The summed E-state index contributed by atoms with van der Waals surface area (Å²) in [6, 6.07) is 0. The van der Waals surface area contributed by atoms with Gasteiger partial charge in [-0.25, -0.2) is 0 Å². The maximum absolute atomic E-state index is 12.0. The van der Waals surface area contributed by atoms with Crippen molar-refractivity contribution in [3.8, 4) is 0 Å². The second-order valence-electron chi connectivity index (χ2n) is 2.72. The number of carbonyl (C=O) groups excluding carboxylic acids is 2. The lowest BCUT2D eigenvalue weighted by Crippen LogP contribution is -2.44. The Hall–Kier alpha value is -1.74. The number of carbonyl (C=O) groups is 2. The zero-order valence-corrected chi connectivity index (χ0v) is 7.56. The predicted molar refractivity (Wildman–Crippen MR) is 33.7 cm³/mol. The van der Waals surface area contributed by atoms with Crippen molar-refractivity contribution in [2.75, 3.05) is 0 Å². The van der Waals surface area contributed by atoms with Crippen molar-refractivity contribution in [1.82, 2.24) is 0 Å². The van der Waals surface area contributed by atoms with Crippen LogP contribution in [-0.2, 0) is 9.59 Å². The third-order valence-corrected chi connectivity index (χ3v) is 1.47. The maximum atomic E-state index is 12.0. The summed E-state index contributed by atoms with van der Waals surface area (Å²) in [6.45, 7) is 0. The van der Waals surface area contributed by atoms with Crippen molar-refractivity contribution < 1.29 is 46.1 Å². The van der Waals surface area contributed by atoms with Crippen LogP contribution >= 0.6 is 0 Å². The fourth-order valence-corrected chi connectivity index (χ4v) is 0.925. The highest BCUT2D eigenvalue weighted by atomic mass is 19.4.